The quantitative estimate of drug-likeness (QED) is 0.0261. The summed E-state index contributed by atoms with van der Waals surface area (Å²) in [5.74, 6) is -0.877. The van der Waals surface area contributed by atoms with Crippen LogP contribution in [0.4, 0.5) is 0 Å². The molecule has 0 rings (SSSR count). The molecule has 0 bridgehead atoms. The van der Waals surface area contributed by atoms with E-state index in [-0.39, 0.29) is 31.1 Å². The van der Waals surface area contributed by atoms with Gasteiger partial charge in [0.2, 0.25) is 0 Å². The van der Waals surface area contributed by atoms with Crippen molar-refractivity contribution in [3.8, 4) is 0 Å². The maximum absolute atomic E-state index is 12.9. The van der Waals surface area contributed by atoms with E-state index in [1.807, 2.05) is 0 Å². The van der Waals surface area contributed by atoms with Crippen molar-refractivity contribution in [1.29, 1.82) is 0 Å². The molecule has 0 aliphatic heterocycles. The van der Waals surface area contributed by atoms with Gasteiger partial charge in [0.25, 0.3) is 0 Å². The van der Waals surface area contributed by atoms with Crippen LogP contribution < -0.4 is 0 Å². The third-order valence-corrected chi connectivity index (χ3v) is 15.3. The first-order valence-corrected chi connectivity index (χ1v) is 35.4. The van der Waals surface area contributed by atoms with Crippen LogP contribution in [0.3, 0.4) is 0 Å². The van der Waals surface area contributed by atoms with Crippen molar-refractivity contribution in [2.45, 2.75) is 348 Å². The minimum Gasteiger partial charge on any atom is -0.462 e. The van der Waals surface area contributed by atoms with Gasteiger partial charge in [-0.2, -0.15) is 0 Å². The number of hydrogen-bond donors (Lipinski definition) is 0. The Hall–Kier alpha value is -3.93. The molecule has 0 aromatic carbocycles. The van der Waals surface area contributed by atoms with Gasteiger partial charge in [0.15, 0.2) is 6.10 Å². The number of carbonyl (C=O) groups excluding carboxylic acids is 3. The maximum atomic E-state index is 12.9. The lowest BCUT2D eigenvalue weighted by atomic mass is 10.0. The average molecular weight is 1150 g/mol. The van der Waals surface area contributed by atoms with Gasteiger partial charge >= 0.3 is 17.9 Å². The van der Waals surface area contributed by atoms with E-state index < -0.39 is 6.10 Å². The van der Waals surface area contributed by atoms with Crippen LogP contribution in [-0.2, 0) is 28.6 Å². The Morgan fingerprint density at radius 2 is 0.470 bits per heavy atom. The van der Waals surface area contributed by atoms with E-state index >= 15 is 0 Å². The molecular formula is C77H132O6. The molecule has 0 heterocycles. The minimum atomic E-state index is -0.781. The lowest BCUT2D eigenvalue weighted by Crippen LogP contribution is -2.30. The van der Waals surface area contributed by atoms with Gasteiger partial charge in [0, 0.05) is 19.3 Å². The summed E-state index contributed by atoms with van der Waals surface area (Å²) < 4.78 is 16.9. The smallest absolute Gasteiger partial charge is 0.306 e. The normalized spacial score (nSPS) is 12.8. The second-order valence-electron chi connectivity index (χ2n) is 23.4. The van der Waals surface area contributed by atoms with Crippen LogP contribution in [0, 0.1) is 0 Å². The van der Waals surface area contributed by atoms with Crippen LogP contribution >= 0.6 is 0 Å². The second-order valence-corrected chi connectivity index (χ2v) is 23.4. The Labute approximate surface area is 514 Å². The second kappa shape index (κ2) is 70.6. The predicted molar refractivity (Wildman–Crippen MR) is 362 cm³/mol. The third-order valence-electron chi connectivity index (χ3n) is 15.3. The van der Waals surface area contributed by atoms with E-state index in [9.17, 15) is 14.4 Å². The van der Waals surface area contributed by atoms with E-state index in [1.165, 1.54) is 186 Å². The van der Waals surface area contributed by atoms with Crippen molar-refractivity contribution in [2.75, 3.05) is 13.2 Å². The van der Waals surface area contributed by atoms with Gasteiger partial charge in [0.1, 0.15) is 13.2 Å². The molecule has 83 heavy (non-hydrogen) atoms. The van der Waals surface area contributed by atoms with Crippen LogP contribution in [-0.4, -0.2) is 37.2 Å². The van der Waals surface area contributed by atoms with Gasteiger partial charge in [-0.05, 0) is 109 Å². The standard InChI is InChI=1S/C77H132O6/c1-4-7-10-13-16-19-21-23-25-27-29-31-33-34-35-36-37-38-39-40-41-42-44-45-47-49-51-53-55-58-61-64-67-70-76(79)82-73-74(72-81-75(78)69-66-63-60-57-18-15-12-9-6-3)83-77(80)71-68-65-62-59-56-54-52-50-48-46-43-32-30-28-26-24-22-20-17-14-11-8-5-2/h7,10,16,19,23,25,28-31,34-35,37-38,40-41,44-45,74H,4-6,8-9,11-15,17-18,20-22,24,26-27,32-33,36,39,42-43,46-73H2,1-3H3/b10-7-,19-16-,25-23-,30-28-,31-29-,35-34-,38-37-,41-40-,45-44-. The first-order valence-electron chi connectivity index (χ1n) is 35.4. The molecule has 476 valence electrons. The summed E-state index contributed by atoms with van der Waals surface area (Å²) in [6.45, 7) is 6.53. The lowest BCUT2D eigenvalue weighted by Gasteiger charge is -2.18. The van der Waals surface area contributed by atoms with Crippen LogP contribution in [0.15, 0.2) is 109 Å². The van der Waals surface area contributed by atoms with Gasteiger partial charge in [-0.25, -0.2) is 0 Å². The van der Waals surface area contributed by atoms with E-state index in [0.717, 1.165) is 116 Å². The summed E-state index contributed by atoms with van der Waals surface area (Å²) in [5.41, 5.74) is 0. The van der Waals surface area contributed by atoms with Gasteiger partial charge in [-0.1, -0.05) is 323 Å². The molecule has 0 aliphatic carbocycles. The number of carbonyl (C=O) groups is 3. The molecule has 0 N–H and O–H groups in total. The molecule has 0 spiro atoms. The van der Waals surface area contributed by atoms with E-state index in [4.69, 9.17) is 14.2 Å². The SMILES string of the molecule is CC/C=C\C/C=C\C/C=C\C/C=C\C/C=C\C/C=C\C/C=C\C/C=C\CCCCCCCCCCC(=O)OCC(COC(=O)CCCCCCCCCCC)OC(=O)CCCCCCCCCCCCC/C=C\CCCCCCCCCC. The van der Waals surface area contributed by atoms with Crippen molar-refractivity contribution in [2.24, 2.45) is 0 Å². The molecule has 0 amide bonds. The van der Waals surface area contributed by atoms with Crippen molar-refractivity contribution >= 4 is 17.9 Å². The molecule has 1 atom stereocenters. The van der Waals surface area contributed by atoms with Crippen molar-refractivity contribution in [1.82, 2.24) is 0 Å². The van der Waals surface area contributed by atoms with E-state index in [2.05, 4.69) is 130 Å². The number of hydrogen-bond acceptors (Lipinski definition) is 6. The van der Waals surface area contributed by atoms with E-state index in [0.29, 0.717) is 19.3 Å². The van der Waals surface area contributed by atoms with Crippen LogP contribution in [0.5, 0.6) is 0 Å². The maximum Gasteiger partial charge on any atom is 0.306 e. The van der Waals surface area contributed by atoms with Gasteiger partial charge < -0.3 is 14.2 Å². The van der Waals surface area contributed by atoms with Crippen LogP contribution in [0.1, 0.15) is 342 Å². The van der Waals surface area contributed by atoms with Crippen molar-refractivity contribution in [3.05, 3.63) is 109 Å². The highest BCUT2D eigenvalue weighted by Gasteiger charge is 2.19. The Kier molecular flexibility index (Phi) is 67.2. The summed E-state index contributed by atoms with van der Waals surface area (Å²) in [6.07, 6.45) is 97.0. The highest BCUT2D eigenvalue weighted by atomic mass is 16.6. The molecular weight excluding hydrogens is 1020 g/mol. The number of rotatable bonds is 64. The monoisotopic (exact) mass is 1150 g/mol. The fraction of sp³-hybridized carbons (Fsp3) is 0.727. The summed E-state index contributed by atoms with van der Waals surface area (Å²) in [4.78, 5) is 38.3. The molecule has 0 radical (unpaired) electrons. The van der Waals surface area contributed by atoms with Gasteiger partial charge in [0.05, 0.1) is 0 Å². The van der Waals surface area contributed by atoms with E-state index in [1.54, 1.807) is 0 Å². The first-order chi connectivity index (χ1) is 41.0. The predicted octanol–water partition coefficient (Wildman–Crippen LogP) is 24.6. The highest BCUT2D eigenvalue weighted by molar-refractivity contribution is 5.71. The molecule has 1 unspecified atom stereocenters. The fourth-order valence-electron chi connectivity index (χ4n) is 9.99. The number of unbranched alkanes of at least 4 members (excludes halogenated alkanes) is 35. The fourth-order valence-corrected chi connectivity index (χ4v) is 9.99. The molecule has 0 aromatic heterocycles. The number of allylic oxidation sites excluding steroid dienone is 18. The van der Waals surface area contributed by atoms with Crippen molar-refractivity contribution in [3.63, 3.8) is 0 Å². The Morgan fingerprint density at radius 3 is 0.747 bits per heavy atom. The van der Waals surface area contributed by atoms with Gasteiger partial charge in [-0.15, -0.1) is 0 Å². The molecule has 0 fully saturated rings. The molecule has 0 aromatic rings. The first kappa shape index (κ1) is 79.1. The Morgan fingerprint density at radius 1 is 0.253 bits per heavy atom. The highest BCUT2D eigenvalue weighted by Crippen LogP contribution is 2.17. The number of esters is 3. The summed E-state index contributed by atoms with van der Waals surface area (Å²) in [7, 11) is 0. The third kappa shape index (κ3) is 68.7. The minimum absolute atomic E-state index is 0.0777. The zero-order valence-electron chi connectivity index (χ0n) is 54.7. The Bertz CT molecular complexity index is 1660. The topological polar surface area (TPSA) is 78.9 Å². The molecule has 6 heteroatoms. The summed E-state index contributed by atoms with van der Waals surface area (Å²) in [6, 6.07) is 0. The summed E-state index contributed by atoms with van der Waals surface area (Å²) >= 11 is 0. The van der Waals surface area contributed by atoms with Crippen LogP contribution in [0.25, 0.3) is 0 Å². The molecule has 6 nitrogen and oxygen atoms in total. The van der Waals surface area contributed by atoms with Gasteiger partial charge in [-0.3, -0.25) is 14.4 Å². The molecule has 0 saturated carbocycles. The molecule has 0 saturated heterocycles. The van der Waals surface area contributed by atoms with Crippen LogP contribution in [0.2, 0.25) is 0 Å². The largest absolute Gasteiger partial charge is 0.462 e. The zero-order valence-corrected chi connectivity index (χ0v) is 54.7. The summed E-state index contributed by atoms with van der Waals surface area (Å²) in [5, 5.41) is 0. The Balaban J connectivity index is 4.19. The van der Waals surface area contributed by atoms with Crippen molar-refractivity contribution < 1.29 is 28.6 Å². The lowest BCUT2D eigenvalue weighted by molar-refractivity contribution is -0.167. The zero-order chi connectivity index (χ0) is 59.9. The average Bonchev–Trinajstić information content (AvgIpc) is 3.49. The number of ether oxygens (including phenoxy) is 3. The molecule has 0 aliphatic rings.